The van der Waals surface area contributed by atoms with Crippen LogP contribution in [0, 0.1) is 11.3 Å². The smallest absolute Gasteiger partial charge is 0.268 e. The second kappa shape index (κ2) is 11.2. The van der Waals surface area contributed by atoms with E-state index in [0.717, 1.165) is 12.0 Å². The van der Waals surface area contributed by atoms with Crippen molar-refractivity contribution in [3.63, 3.8) is 0 Å². The number of nitrogens with one attached hydrogen (secondary N) is 1. The molecule has 1 N–H and O–H groups in total. The van der Waals surface area contributed by atoms with Crippen LogP contribution >= 0.6 is 11.5 Å². The summed E-state index contributed by atoms with van der Waals surface area (Å²) >= 11 is 0.716. The van der Waals surface area contributed by atoms with E-state index in [2.05, 4.69) is 14.7 Å². The summed E-state index contributed by atoms with van der Waals surface area (Å²) in [5.41, 5.74) is 0.452. The molecule has 1 heterocycles. The summed E-state index contributed by atoms with van der Waals surface area (Å²) in [7, 11) is -3.58. The van der Waals surface area contributed by atoms with Crippen LogP contribution in [-0.2, 0) is 14.6 Å². The molecule has 2 aromatic carbocycles. The quantitative estimate of drug-likeness (QED) is 0.263. The molecule has 0 aliphatic heterocycles. The normalized spacial score (nSPS) is 11.5. The largest absolute Gasteiger partial charge is 0.493 e. The molecule has 11 heteroatoms. The number of carbonyl (C=O) groups is 1. The summed E-state index contributed by atoms with van der Waals surface area (Å²) in [5, 5.41) is 11.3. The van der Waals surface area contributed by atoms with E-state index < -0.39 is 15.7 Å². The molecular weight excluding hydrogens is 464 g/mol. The summed E-state index contributed by atoms with van der Waals surface area (Å²) in [5.74, 6) is 0.748. The predicted octanol–water partition coefficient (Wildman–Crippen LogP) is 3.34. The number of para-hydroxylation sites is 1. The SMILES string of the molecule is CS(=O)(=O)c1nsc(NC(=O)C(C#N)=Cc2ccc(OCCCOc3ccccc3)cc2)n1. The lowest BCUT2D eigenvalue weighted by Gasteiger charge is -2.08. The van der Waals surface area contributed by atoms with Crippen LogP contribution in [-0.4, -0.2) is 43.2 Å². The van der Waals surface area contributed by atoms with E-state index in [9.17, 15) is 18.5 Å². The van der Waals surface area contributed by atoms with Gasteiger partial charge in [0, 0.05) is 24.2 Å². The van der Waals surface area contributed by atoms with E-state index in [1.54, 1.807) is 24.3 Å². The Morgan fingerprint density at radius 3 is 2.30 bits per heavy atom. The number of nitrogens with zero attached hydrogens (tertiary/aromatic N) is 3. The fraction of sp³-hybridized carbons (Fsp3) is 0.182. The number of rotatable bonds is 10. The van der Waals surface area contributed by atoms with Gasteiger partial charge in [-0.3, -0.25) is 10.1 Å². The zero-order chi connectivity index (χ0) is 23.7. The molecule has 9 nitrogen and oxygen atoms in total. The van der Waals surface area contributed by atoms with E-state index in [-0.39, 0.29) is 15.9 Å². The zero-order valence-corrected chi connectivity index (χ0v) is 19.2. The van der Waals surface area contributed by atoms with Crippen LogP contribution < -0.4 is 14.8 Å². The molecule has 0 bridgehead atoms. The number of anilines is 1. The Hall–Kier alpha value is -3.75. The molecular formula is C22H20N4O5S2. The highest BCUT2D eigenvalue weighted by atomic mass is 32.2. The van der Waals surface area contributed by atoms with Gasteiger partial charge < -0.3 is 9.47 Å². The van der Waals surface area contributed by atoms with Gasteiger partial charge in [0.05, 0.1) is 13.2 Å². The fourth-order valence-electron chi connectivity index (χ4n) is 2.51. The standard InChI is InChI=1S/C22H20N4O5S2/c1-33(28,29)22-25-21(32-26-22)24-20(27)17(15-23)14-16-8-10-19(11-9-16)31-13-5-12-30-18-6-3-2-4-7-18/h2-4,6-11,14H,5,12-13H2,1H3,(H,24,25,26,27). The molecule has 33 heavy (non-hydrogen) atoms. The highest BCUT2D eigenvalue weighted by molar-refractivity contribution is 7.90. The third-order valence-electron chi connectivity index (χ3n) is 4.09. The second-order valence-corrected chi connectivity index (χ2v) is 9.37. The minimum Gasteiger partial charge on any atom is -0.493 e. The van der Waals surface area contributed by atoms with Crippen molar-refractivity contribution in [3.05, 3.63) is 65.7 Å². The topological polar surface area (TPSA) is 131 Å². The fourth-order valence-corrected chi connectivity index (χ4v) is 3.95. The summed E-state index contributed by atoms with van der Waals surface area (Å²) in [6, 6.07) is 18.3. The molecule has 1 aromatic heterocycles. The molecule has 0 saturated carbocycles. The van der Waals surface area contributed by atoms with Gasteiger partial charge in [-0.25, -0.2) is 8.42 Å². The lowest BCUT2D eigenvalue weighted by atomic mass is 10.1. The highest BCUT2D eigenvalue weighted by Crippen LogP contribution is 2.18. The number of nitriles is 1. The highest BCUT2D eigenvalue weighted by Gasteiger charge is 2.17. The number of hydrogen-bond acceptors (Lipinski definition) is 9. The zero-order valence-electron chi connectivity index (χ0n) is 17.6. The summed E-state index contributed by atoms with van der Waals surface area (Å²) < 4.78 is 37.8. The maximum Gasteiger partial charge on any atom is 0.268 e. The number of aromatic nitrogens is 2. The van der Waals surface area contributed by atoms with Crippen molar-refractivity contribution in [3.8, 4) is 17.6 Å². The Morgan fingerprint density at radius 1 is 1.09 bits per heavy atom. The van der Waals surface area contributed by atoms with E-state index in [1.165, 1.54) is 6.08 Å². The second-order valence-electron chi connectivity index (χ2n) is 6.71. The van der Waals surface area contributed by atoms with Crippen LogP contribution in [0.15, 0.2) is 65.3 Å². The van der Waals surface area contributed by atoms with Gasteiger partial charge in [-0.1, -0.05) is 30.3 Å². The molecule has 0 fully saturated rings. The van der Waals surface area contributed by atoms with Crippen molar-refractivity contribution in [2.24, 2.45) is 0 Å². The number of sulfone groups is 1. The summed E-state index contributed by atoms with van der Waals surface area (Å²) in [6.45, 7) is 1.01. The average Bonchev–Trinajstić information content (AvgIpc) is 3.28. The first-order chi connectivity index (χ1) is 15.8. The number of amides is 1. The maximum atomic E-state index is 12.3. The van der Waals surface area contributed by atoms with Gasteiger partial charge in [0.15, 0.2) is 0 Å². The van der Waals surface area contributed by atoms with Gasteiger partial charge in [0.1, 0.15) is 23.1 Å². The molecule has 0 aliphatic carbocycles. The van der Waals surface area contributed by atoms with Crippen molar-refractivity contribution in [1.29, 1.82) is 5.26 Å². The minimum absolute atomic E-state index is 0.0124. The van der Waals surface area contributed by atoms with Crippen LogP contribution in [0.3, 0.4) is 0 Å². The monoisotopic (exact) mass is 484 g/mol. The van der Waals surface area contributed by atoms with Crippen molar-refractivity contribution >= 4 is 38.5 Å². The van der Waals surface area contributed by atoms with Gasteiger partial charge in [0.2, 0.25) is 15.0 Å². The Kier molecular flexibility index (Phi) is 8.12. The molecule has 0 radical (unpaired) electrons. The van der Waals surface area contributed by atoms with Gasteiger partial charge in [-0.2, -0.15) is 14.6 Å². The lowest BCUT2D eigenvalue weighted by Crippen LogP contribution is -2.13. The van der Waals surface area contributed by atoms with Gasteiger partial charge in [-0.15, -0.1) is 0 Å². The predicted molar refractivity (Wildman–Crippen MR) is 124 cm³/mol. The Bertz CT molecular complexity index is 1260. The van der Waals surface area contributed by atoms with Crippen LogP contribution in [0.4, 0.5) is 5.13 Å². The average molecular weight is 485 g/mol. The van der Waals surface area contributed by atoms with Crippen LogP contribution in [0.25, 0.3) is 6.08 Å². The third-order valence-corrected chi connectivity index (χ3v) is 5.68. The molecule has 3 rings (SSSR count). The van der Waals surface area contributed by atoms with Gasteiger partial charge in [0.25, 0.3) is 11.1 Å². The number of benzene rings is 2. The Labute approximate surface area is 195 Å². The number of carbonyl (C=O) groups excluding carboxylic acids is 1. The first-order valence-corrected chi connectivity index (χ1v) is 12.4. The molecule has 1 amide bonds. The van der Waals surface area contributed by atoms with Crippen molar-refractivity contribution < 1.29 is 22.7 Å². The molecule has 0 aliphatic rings. The molecule has 3 aromatic rings. The van der Waals surface area contributed by atoms with E-state index in [0.29, 0.717) is 42.5 Å². The van der Waals surface area contributed by atoms with Crippen LogP contribution in [0.5, 0.6) is 11.5 Å². The summed E-state index contributed by atoms with van der Waals surface area (Å²) in [6.07, 6.45) is 3.08. The van der Waals surface area contributed by atoms with Crippen molar-refractivity contribution in [2.45, 2.75) is 11.6 Å². The summed E-state index contributed by atoms with van der Waals surface area (Å²) in [4.78, 5) is 16.1. The third kappa shape index (κ3) is 7.41. The lowest BCUT2D eigenvalue weighted by molar-refractivity contribution is -0.112. The van der Waals surface area contributed by atoms with E-state index >= 15 is 0 Å². The first-order valence-electron chi connectivity index (χ1n) is 9.73. The van der Waals surface area contributed by atoms with Crippen molar-refractivity contribution in [2.75, 3.05) is 24.8 Å². The Balaban J connectivity index is 1.51. The van der Waals surface area contributed by atoms with Gasteiger partial charge in [-0.05, 0) is 35.9 Å². The van der Waals surface area contributed by atoms with E-state index in [1.807, 2.05) is 36.4 Å². The van der Waals surface area contributed by atoms with Gasteiger partial charge >= 0.3 is 0 Å². The Morgan fingerprint density at radius 2 is 1.73 bits per heavy atom. The molecule has 0 unspecified atom stereocenters. The number of ether oxygens (including phenoxy) is 2. The first kappa shape index (κ1) is 23.9. The maximum absolute atomic E-state index is 12.3. The van der Waals surface area contributed by atoms with Crippen LogP contribution in [0.2, 0.25) is 0 Å². The minimum atomic E-state index is -3.58. The van der Waals surface area contributed by atoms with E-state index in [4.69, 9.17) is 9.47 Å². The molecule has 0 atom stereocenters. The molecule has 170 valence electrons. The van der Waals surface area contributed by atoms with Crippen molar-refractivity contribution in [1.82, 2.24) is 9.36 Å². The van der Waals surface area contributed by atoms with Crippen LogP contribution in [0.1, 0.15) is 12.0 Å². The molecule has 0 saturated heterocycles. The molecule has 0 spiro atoms. The number of hydrogen-bond donors (Lipinski definition) is 1.